The van der Waals surface area contributed by atoms with Crippen LogP contribution >= 0.6 is 27.3 Å². The Morgan fingerprint density at radius 1 is 1.22 bits per heavy atom. The first-order valence-electron chi connectivity index (χ1n) is 7.42. The van der Waals surface area contributed by atoms with Crippen molar-refractivity contribution in [1.29, 1.82) is 0 Å². The molecule has 1 amide bonds. The summed E-state index contributed by atoms with van der Waals surface area (Å²) in [5.74, 6) is 1.50. The van der Waals surface area contributed by atoms with Gasteiger partial charge in [0.05, 0.1) is 28.9 Å². The van der Waals surface area contributed by atoms with Gasteiger partial charge in [0.15, 0.2) is 11.5 Å². The molecule has 1 aliphatic heterocycles. The van der Waals surface area contributed by atoms with E-state index < -0.39 is 0 Å². The third-order valence-corrected chi connectivity index (χ3v) is 5.70. The van der Waals surface area contributed by atoms with Crippen molar-refractivity contribution in [3.63, 3.8) is 0 Å². The van der Waals surface area contributed by atoms with Gasteiger partial charge < -0.3 is 14.4 Å². The normalized spacial score (nSPS) is 17.3. The Bertz CT molecular complexity index is 716. The molecule has 0 N–H and O–H groups in total. The summed E-state index contributed by atoms with van der Waals surface area (Å²) in [6.07, 6.45) is 1.98. The summed E-state index contributed by atoms with van der Waals surface area (Å²) < 4.78 is 11.7. The van der Waals surface area contributed by atoms with Crippen molar-refractivity contribution in [2.75, 3.05) is 20.8 Å². The molecule has 0 radical (unpaired) electrons. The number of methoxy groups -OCH3 is 2. The van der Waals surface area contributed by atoms with Crippen LogP contribution in [0.3, 0.4) is 0 Å². The van der Waals surface area contributed by atoms with E-state index in [0.29, 0.717) is 11.5 Å². The van der Waals surface area contributed by atoms with Crippen LogP contribution in [0.4, 0.5) is 0 Å². The van der Waals surface area contributed by atoms with Crippen LogP contribution in [-0.4, -0.2) is 31.6 Å². The van der Waals surface area contributed by atoms with Gasteiger partial charge in [-0.3, -0.25) is 4.79 Å². The summed E-state index contributed by atoms with van der Waals surface area (Å²) in [6, 6.07) is 9.77. The summed E-state index contributed by atoms with van der Waals surface area (Å²) in [5.41, 5.74) is 1.09. The molecule has 1 fully saturated rings. The third kappa shape index (κ3) is 3.23. The molecule has 4 nitrogen and oxygen atoms in total. The van der Waals surface area contributed by atoms with Gasteiger partial charge in [-0.1, -0.05) is 6.07 Å². The van der Waals surface area contributed by atoms with E-state index in [2.05, 4.69) is 15.9 Å². The number of nitrogens with zero attached hydrogens (tertiary/aromatic N) is 1. The topological polar surface area (TPSA) is 38.8 Å². The maximum absolute atomic E-state index is 12.8. The molecule has 0 bridgehead atoms. The van der Waals surface area contributed by atoms with Gasteiger partial charge in [0.1, 0.15) is 0 Å². The van der Waals surface area contributed by atoms with Crippen molar-refractivity contribution in [2.45, 2.75) is 18.9 Å². The number of hydrogen-bond acceptors (Lipinski definition) is 4. The zero-order chi connectivity index (χ0) is 16.4. The number of hydrogen-bond donors (Lipinski definition) is 0. The number of carbonyl (C=O) groups excluding carboxylic acids is 1. The van der Waals surface area contributed by atoms with E-state index in [-0.39, 0.29) is 11.9 Å². The number of carbonyl (C=O) groups is 1. The van der Waals surface area contributed by atoms with Gasteiger partial charge in [-0.25, -0.2) is 0 Å². The van der Waals surface area contributed by atoms with E-state index in [0.717, 1.165) is 33.6 Å². The molecule has 6 heteroatoms. The minimum atomic E-state index is 0.0863. The molecule has 0 spiro atoms. The minimum Gasteiger partial charge on any atom is -0.493 e. The SMILES string of the molecule is COc1ccc(C2CCCN2C(=O)c2ccc(Br)s2)cc1OC. The number of amides is 1. The van der Waals surface area contributed by atoms with Crippen LogP contribution in [0.15, 0.2) is 34.1 Å². The average molecular weight is 396 g/mol. The van der Waals surface area contributed by atoms with Crippen molar-refractivity contribution in [3.8, 4) is 11.5 Å². The standard InChI is InChI=1S/C17H18BrNO3S/c1-21-13-6-5-11(10-14(13)22-2)12-4-3-9-19(12)17(20)15-7-8-16(18)23-15/h5-8,10,12H,3-4,9H2,1-2H3. The molecular weight excluding hydrogens is 378 g/mol. The van der Waals surface area contributed by atoms with E-state index in [9.17, 15) is 4.79 Å². The monoisotopic (exact) mass is 395 g/mol. The Kier molecular flexibility index (Phi) is 4.92. The van der Waals surface area contributed by atoms with Crippen molar-refractivity contribution in [2.24, 2.45) is 0 Å². The first-order chi connectivity index (χ1) is 11.1. The lowest BCUT2D eigenvalue weighted by molar-refractivity contribution is 0.0740. The van der Waals surface area contributed by atoms with E-state index >= 15 is 0 Å². The van der Waals surface area contributed by atoms with Crippen LogP contribution in [0, 0.1) is 0 Å². The van der Waals surface area contributed by atoms with Crippen molar-refractivity contribution in [3.05, 3.63) is 44.6 Å². The fourth-order valence-corrected chi connectivity index (χ4v) is 4.33. The first kappa shape index (κ1) is 16.3. The molecule has 1 aromatic heterocycles. The molecule has 122 valence electrons. The van der Waals surface area contributed by atoms with Crippen LogP contribution in [0.25, 0.3) is 0 Å². The number of rotatable bonds is 4. The van der Waals surface area contributed by atoms with Crippen molar-refractivity contribution >= 4 is 33.2 Å². The molecule has 3 rings (SSSR count). The Morgan fingerprint density at radius 3 is 2.65 bits per heavy atom. The molecule has 2 heterocycles. The van der Waals surface area contributed by atoms with Gasteiger partial charge in [0.2, 0.25) is 0 Å². The molecule has 2 aromatic rings. The second kappa shape index (κ2) is 6.93. The zero-order valence-corrected chi connectivity index (χ0v) is 15.4. The van der Waals surface area contributed by atoms with Crippen LogP contribution in [0.1, 0.15) is 34.1 Å². The minimum absolute atomic E-state index is 0.0863. The third-order valence-electron chi connectivity index (χ3n) is 4.09. The van der Waals surface area contributed by atoms with E-state index in [1.54, 1.807) is 14.2 Å². The molecule has 0 saturated carbocycles. The van der Waals surface area contributed by atoms with Crippen LogP contribution < -0.4 is 9.47 Å². The predicted molar refractivity (Wildman–Crippen MR) is 94.6 cm³/mol. The largest absolute Gasteiger partial charge is 0.493 e. The van der Waals surface area contributed by atoms with Gasteiger partial charge in [0.25, 0.3) is 5.91 Å². The molecule has 1 aromatic carbocycles. The quantitative estimate of drug-likeness (QED) is 0.764. The highest BCUT2D eigenvalue weighted by molar-refractivity contribution is 9.11. The lowest BCUT2D eigenvalue weighted by atomic mass is 10.0. The maximum Gasteiger partial charge on any atom is 0.264 e. The Balaban J connectivity index is 1.88. The summed E-state index contributed by atoms with van der Waals surface area (Å²) in [4.78, 5) is 15.5. The fourth-order valence-electron chi connectivity index (χ4n) is 2.99. The second-order valence-corrected chi connectivity index (χ2v) is 7.84. The smallest absolute Gasteiger partial charge is 0.264 e. The highest BCUT2D eigenvalue weighted by Gasteiger charge is 2.31. The Morgan fingerprint density at radius 2 is 2.00 bits per heavy atom. The van der Waals surface area contributed by atoms with E-state index in [4.69, 9.17) is 9.47 Å². The van der Waals surface area contributed by atoms with Gasteiger partial charge in [0, 0.05) is 6.54 Å². The lowest BCUT2D eigenvalue weighted by Gasteiger charge is -2.25. The number of ether oxygens (including phenoxy) is 2. The Labute approximate surface area is 148 Å². The molecule has 1 aliphatic rings. The number of benzene rings is 1. The average Bonchev–Trinajstić information content (AvgIpc) is 3.22. The lowest BCUT2D eigenvalue weighted by Crippen LogP contribution is -2.29. The summed E-state index contributed by atoms with van der Waals surface area (Å²) in [6.45, 7) is 0.785. The van der Waals surface area contributed by atoms with Gasteiger partial charge in [-0.05, 0) is 58.6 Å². The second-order valence-electron chi connectivity index (χ2n) is 5.37. The highest BCUT2D eigenvalue weighted by Crippen LogP contribution is 2.38. The molecule has 1 atom stereocenters. The number of likely N-dealkylation sites (tertiary alicyclic amines) is 1. The van der Waals surface area contributed by atoms with Gasteiger partial charge in [-0.2, -0.15) is 0 Å². The molecule has 1 saturated heterocycles. The number of thiophene rings is 1. The zero-order valence-electron chi connectivity index (χ0n) is 13.0. The molecule has 1 unspecified atom stereocenters. The fraction of sp³-hybridized carbons (Fsp3) is 0.353. The maximum atomic E-state index is 12.8. The van der Waals surface area contributed by atoms with E-state index in [1.807, 2.05) is 35.2 Å². The van der Waals surface area contributed by atoms with Crippen molar-refractivity contribution < 1.29 is 14.3 Å². The van der Waals surface area contributed by atoms with Gasteiger partial charge >= 0.3 is 0 Å². The van der Waals surface area contributed by atoms with Crippen LogP contribution in [-0.2, 0) is 0 Å². The predicted octanol–water partition coefficient (Wildman–Crippen LogP) is 4.51. The van der Waals surface area contributed by atoms with Crippen molar-refractivity contribution in [1.82, 2.24) is 4.90 Å². The summed E-state index contributed by atoms with van der Waals surface area (Å²) in [5, 5.41) is 0. The molecule has 23 heavy (non-hydrogen) atoms. The Hall–Kier alpha value is -1.53. The molecule has 0 aliphatic carbocycles. The van der Waals surface area contributed by atoms with Crippen LogP contribution in [0.2, 0.25) is 0 Å². The summed E-state index contributed by atoms with van der Waals surface area (Å²) in [7, 11) is 3.25. The summed E-state index contributed by atoms with van der Waals surface area (Å²) >= 11 is 4.90. The first-order valence-corrected chi connectivity index (χ1v) is 9.03. The highest BCUT2D eigenvalue weighted by atomic mass is 79.9. The number of halogens is 1. The molecular formula is C17H18BrNO3S. The van der Waals surface area contributed by atoms with Gasteiger partial charge in [-0.15, -0.1) is 11.3 Å². The van der Waals surface area contributed by atoms with E-state index in [1.165, 1.54) is 11.3 Å². The van der Waals surface area contributed by atoms with Crippen LogP contribution in [0.5, 0.6) is 11.5 Å².